The molecule has 0 unspecified atom stereocenters. The second-order valence-corrected chi connectivity index (χ2v) is 6.51. The highest BCUT2D eigenvalue weighted by molar-refractivity contribution is 5.79. The Labute approximate surface area is 151 Å². The van der Waals surface area contributed by atoms with Crippen molar-refractivity contribution in [3.63, 3.8) is 0 Å². The molecular formula is C18H24N4O4. The number of carbonyl (C=O) groups excluding carboxylic acids is 1. The highest BCUT2D eigenvalue weighted by Crippen LogP contribution is 2.22. The molecule has 0 aliphatic carbocycles. The lowest BCUT2D eigenvalue weighted by Crippen LogP contribution is -2.47. The molecular weight excluding hydrogens is 336 g/mol. The molecule has 8 nitrogen and oxygen atoms in total. The molecule has 3 rings (SSSR count). The Morgan fingerprint density at radius 3 is 2.88 bits per heavy atom. The molecule has 0 spiro atoms. The maximum Gasteiger partial charge on any atom is 0.332 e. The quantitative estimate of drug-likeness (QED) is 0.847. The summed E-state index contributed by atoms with van der Waals surface area (Å²) in [5, 5.41) is 2.89. The van der Waals surface area contributed by atoms with E-state index in [4.69, 9.17) is 4.42 Å². The van der Waals surface area contributed by atoms with Crippen molar-refractivity contribution in [3.05, 3.63) is 51.1 Å². The topological polar surface area (TPSA) is 89.5 Å². The Morgan fingerprint density at radius 1 is 1.38 bits per heavy atom. The van der Waals surface area contributed by atoms with Crippen molar-refractivity contribution in [1.29, 1.82) is 0 Å². The first-order valence-electron chi connectivity index (χ1n) is 8.87. The number of nitrogens with one attached hydrogen (secondary N) is 1. The first-order chi connectivity index (χ1) is 12.5. The van der Waals surface area contributed by atoms with E-state index in [1.807, 2.05) is 17.9 Å². The molecule has 140 valence electrons. The number of hydrogen-bond donors (Lipinski definition) is 1. The fourth-order valence-corrected chi connectivity index (χ4v) is 3.35. The third-order valence-corrected chi connectivity index (χ3v) is 4.83. The van der Waals surface area contributed by atoms with E-state index in [-0.39, 0.29) is 23.1 Å². The van der Waals surface area contributed by atoms with Crippen LogP contribution >= 0.6 is 0 Å². The highest BCUT2D eigenvalue weighted by Gasteiger charge is 2.27. The molecule has 3 heterocycles. The summed E-state index contributed by atoms with van der Waals surface area (Å²) in [6.07, 6.45) is 3.18. The predicted octanol–water partition coefficient (Wildman–Crippen LogP) is 0.693. The molecule has 1 N–H and O–H groups in total. The van der Waals surface area contributed by atoms with E-state index in [1.54, 1.807) is 16.9 Å². The largest absolute Gasteiger partial charge is 0.467 e. The molecule has 2 aromatic rings. The van der Waals surface area contributed by atoms with Crippen molar-refractivity contribution in [2.45, 2.75) is 32.9 Å². The monoisotopic (exact) mass is 360 g/mol. The average Bonchev–Trinajstić information content (AvgIpc) is 3.17. The van der Waals surface area contributed by atoms with Gasteiger partial charge in [-0.15, -0.1) is 0 Å². The van der Waals surface area contributed by atoms with Crippen molar-refractivity contribution in [2.24, 2.45) is 13.0 Å². The van der Waals surface area contributed by atoms with Crippen LogP contribution in [0, 0.1) is 5.92 Å². The summed E-state index contributed by atoms with van der Waals surface area (Å²) in [4.78, 5) is 38.9. The summed E-state index contributed by atoms with van der Waals surface area (Å²) in [6, 6.07) is 5.07. The summed E-state index contributed by atoms with van der Waals surface area (Å²) in [5.41, 5.74) is -0.668. The molecule has 1 amide bonds. The van der Waals surface area contributed by atoms with Gasteiger partial charge in [0.15, 0.2) is 0 Å². The molecule has 1 aliphatic rings. The molecule has 1 saturated heterocycles. The minimum Gasteiger partial charge on any atom is -0.467 e. The lowest BCUT2D eigenvalue weighted by molar-refractivity contribution is -0.125. The van der Waals surface area contributed by atoms with Gasteiger partial charge in [0.2, 0.25) is 5.91 Å². The SMILES string of the molecule is CCn1c(N2CCC[C@H](C(=O)NCc3ccco3)C2)cc(=O)n(C)c1=O. The van der Waals surface area contributed by atoms with Crippen molar-refractivity contribution >= 4 is 11.7 Å². The van der Waals surface area contributed by atoms with Crippen molar-refractivity contribution in [3.8, 4) is 0 Å². The smallest absolute Gasteiger partial charge is 0.332 e. The van der Waals surface area contributed by atoms with Gasteiger partial charge in [0, 0.05) is 32.7 Å². The Kier molecular flexibility index (Phi) is 5.29. The van der Waals surface area contributed by atoms with Gasteiger partial charge in [-0.05, 0) is 31.9 Å². The minimum atomic E-state index is -0.334. The Morgan fingerprint density at radius 2 is 2.19 bits per heavy atom. The zero-order valence-electron chi connectivity index (χ0n) is 15.1. The highest BCUT2D eigenvalue weighted by atomic mass is 16.3. The summed E-state index contributed by atoms with van der Waals surface area (Å²) < 4.78 is 7.90. The minimum absolute atomic E-state index is 0.0414. The zero-order chi connectivity index (χ0) is 18.7. The number of hydrogen-bond acceptors (Lipinski definition) is 5. The van der Waals surface area contributed by atoms with Gasteiger partial charge >= 0.3 is 5.69 Å². The molecule has 26 heavy (non-hydrogen) atoms. The van der Waals surface area contributed by atoms with Gasteiger partial charge in [0.05, 0.1) is 18.7 Å². The summed E-state index contributed by atoms with van der Waals surface area (Å²) in [6.45, 7) is 3.89. The predicted molar refractivity (Wildman–Crippen MR) is 97.1 cm³/mol. The molecule has 0 radical (unpaired) electrons. The maximum absolute atomic E-state index is 12.5. The molecule has 1 aliphatic heterocycles. The summed E-state index contributed by atoms with van der Waals surface area (Å²) in [5.74, 6) is 1.06. The number of amides is 1. The number of anilines is 1. The Hall–Kier alpha value is -2.77. The first-order valence-corrected chi connectivity index (χ1v) is 8.87. The van der Waals surface area contributed by atoms with E-state index in [9.17, 15) is 14.4 Å². The van der Waals surface area contributed by atoms with Crippen molar-refractivity contribution in [1.82, 2.24) is 14.5 Å². The van der Waals surface area contributed by atoms with Crippen LogP contribution in [0.3, 0.4) is 0 Å². The van der Waals surface area contributed by atoms with Crippen LogP contribution in [0.4, 0.5) is 5.82 Å². The molecule has 1 atom stereocenters. The third-order valence-electron chi connectivity index (χ3n) is 4.83. The molecule has 0 saturated carbocycles. The standard InChI is InChI=1S/C18H24N4O4/c1-3-22-15(10-16(23)20(2)18(22)25)21-8-4-6-13(12-21)17(24)19-11-14-7-5-9-26-14/h5,7,9-10,13H,3-4,6,8,11-12H2,1-2H3,(H,19,24)/t13-/m0/s1. The van der Waals surface area contributed by atoms with Gasteiger partial charge in [-0.25, -0.2) is 4.79 Å². The number of rotatable bonds is 5. The van der Waals surface area contributed by atoms with Gasteiger partial charge in [0.25, 0.3) is 5.56 Å². The number of piperidine rings is 1. The average molecular weight is 360 g/mol. The third kappa shape index (κ3) is 3.58. The lowest BCUT2D eigenvalue weighted by Gasteiger charge is -2.34. The second-order valence-electron chi connectivity index (χ2n) is 6.51. The van der Waals surface area contributed by atoms with Gasteiger partial charge in [-0.3, -0.25) is 18.7 Å². The van der Waals surface area contributed by atoms with Crippen LogP contribution < -0.4 is 21.5 Å². The fraction of sp³-hybridized carbons (Fsp3) is 0.500. The Balaban J connectivity index is 1.75. The lowest BCUT2D eigenvalue weighted by atomic mass is 9.97. The summed E-state index contributed by atoms with van der Waals surface area (Å²) >= 11 is 0. The fourth-order valence-electron chi connectivity index (χ4n) is 3.35. The van der Waals surface area contributed by atoms with E-state index in [0.717, 1.165) is 17.4 Å². The van der Waals surface area contributed by atoms with E-state index < -0.39 is 0 Å². The zero-order valence-corrected chi connectivity index (χ0v) is 15.1. The van der Waals surface area contributed by atoms with Gasteiger partial charge < -0.3 is 14.6 Å². The molecule has 1 fully saturated rings. The number of aromatic nitrogens is 2. The molecule has 0 aromatic carbocycles. The normalized spacial score (nSPS) is 17.3. The van der Waals surface area contributed by atoms with E-state index >= 15 is 0 Å². The summed E-state index contributed by atoms with van der Waals surface area (Å²) in [7, 11) is 1.47. The van der Waals surface area contributed by atoms with Gasteiger partial charge in [-0.1, -0.05) is 0 Å². The Bertz CT molecular complexity index is 882. The first kappa shape index (κ1) is 18.0. The van der Waals surface area contributed by atoms with Crippen LogP contribution in [0.1, 0.15) is 25.5 Å². The van der Waals surface area contributed by atoms with Crippen LogP contribution in [0.5, 0.6) is 0 Å². The van der Waals surface area contributed by atoms with Gasteiger partial charge in [0.1, 0.15) is 11.6 Å². The van der Waals surface area contributed by atoms with Crippen LogP contribution in [0.15, 0.2) is 38.5 Å². The van der Waals surface area contributed by atoms with Crippen LogP contribution in [-0.2, 0) is 24.9 Å². The second kappa shape index (κ2) is 7.63. The number of nitrogens with zero attached hydrogens (tertiary/aromatic N) is 3. The van der Waals surface area contributed by atoms with Gasteiger partial charge in [-0.2, -0.15) is 0 Å². The molecule has 2 aromatic heterocycles. The van der Waals surface area contributed by atoms with Crippen molar-refractivity contribution < 1.29 is 9.21 Å². The molecule has 8 heteroatoms. The van der Waals surface area contributed by atoms with E-state index in [0.29, 0.717) is 37.8 Å². The van der Waals surface area contributed by atoms with Crippen LogP contribution in [0.25, 0.3) is 0 Å². The van der Waals surface area contributed by atoms with Crippen LogP contribution in [-0.4, -0.2) is 28.1 Å². The van der Waals surface area contributed by atoms with E-state index in [2.05, 4.69) is 5.32 Å². The van der Waals surface area contributed by atoms with E-state index in [1.165, 1.54) is 13.1 Å². The number of furan rings is 1. The number of carbonyl (C=O) groups is 1. The van der Waals surface area contributed by atoms with Crippen molar-refractivity contribution in [2.75, 3.05) is 18.0 Å². The van der Waals surface area contributed by atoms with Crippen LogP contribution in [0.2, 0.25) is 0 Å². The maximum atomic E-state index is 12.5. The molecule has 0 bridgehead atoms.